The number of carbonyl (C=O) groups is 2. The zero-order valence-electron chi connectivity index (χ0n) is 21.7. The molecule has 0 saturated heterocycles. The lowest BCUT2D eigenvalue weighted by molar-refractivity contribution is -0.170. The second-order valence-corrected chi connectivity index (χ2v) is 11.3. The minimum Gasteiger partial charge on any atom is -0.481 e. The van der Waals surface area contributed by atoms with Gasteiger partial charge in [0.2, 0.25) is 0 Å². The molecular weight excluding hydrogens is 474 g/mol. The van der Waals surface area contributed by atoms with Gasteiger partial charge in [0.1, 0.15) is 5.72 Å². The molecule has 0 bridgehead atoms. The van der Waals surface area contributed by atoms with E-state index in [1.54, 1.807) is 0 Å². The normalized spacial score (nSPS) is 14.5. The number of hydrogen-bond donors (Lipinski definition) is 4. The number of unbranched alkanes of at least 4 members (excludes halogenated alkanes) is 12. The topological polar surface area (TPSA) is 152 Å². The van der Waals surface area contributed by atoms with Crippen LogP contribution < -0.4 is 0 Å². The molecule has 9 nitrogen and oxygen atoms in total. The monoisotopic (exact) mass is 521 g/mol. The van der Waals surface area contributed by atoms with Gasteiger partial charge in [-0.15, -0.1) is 0 Å². The summed E-state index contributed by atoms with van der Waals surface area (Å²) in [6.07, 6.45) is 17.9. The van der Waals surface area contributed by atoms with Crippen LogP contribution in [-0.2, 0) is 19.7 Å². The Labute approximate surface area is 211 Å². The van der Waals surface area contributed by atoms with Crippen molar-refractivity contribution < 1.29 is 37.9 Å². The summed E-state index contributed by atoms with van der Waals surface area (Å²) in [5.41, 5.74) is -1.99. The van der Waals surface area contributed by atoms with E-state index in [9.17, 15) is 32.8 Å². The highest BCUT2D eigenvalue weighted by molar-refractivity contribution is 7.88. The third-order valence-corrected chi connectivity index (χ3v) is 7.53. The molecule has 206 valence electrons. The number of allylic oxidation sites excluding steroid dienone is 2. The fourth-order valence-electron chi connectivity index (χ4n) is 4.25. The molecule has 0 aliphatic carbocycles. The lowest BCUT2D eigenvalue weighted by Crippen LogP contribution is -2.67. The molecule has 0 aromatic carbocycles. The highest BCUT2D eigenvalue weighted by Gasteiger charge is 2.60. The summed E-state index contributed by atoms with van der Waals surface area (Å²) in [4.78, 5) is 20.6. The van der Waals surface area contributed by atoms with Gasteiger partial charge in [0, 0.05) is 6.54 Å². The Hall–Kier alpha value is -1.49. The van der Waals surface area contributed by atoms with Crippen LogP contribution in [0, 0.1) is 0 Å². The molecule has 0 heterocycles. The SMILES string of the molecule is CCCCCCCCC=CCCCCCCCCN(C(C)(C)O)C(CC(=O)O)(C(=O)O)S(=O)(=O)O. The molecule has 0 saturated carbocycles. The highest BCUT2D eigenvalue weighted by Crippen LogP contribution is 2.33. The number of nitrogens with zero attached hydrogens (tertiary/aromatic N) is 1. The Balaban J connectivity index is 4.48. The largest absolute Gasteiger partial charge is 0.481 e. The summed E-state index contributed by atoms with van der Waals surface area (Å²) >= 11 is 0. The van der Waals surface area contributed by atoms with E-state index in [2.05, 4.69) is 19.1 Å². The number of aliphatic carboxylic acids is 2. The van der Waals surface area contributed by atoms with Crippen LogP contribution in [0.5, 0.6) is 0 Å². The molecule has 0 rings (SSSR count). The maximum atomic E-state index is 12.0. The van der Waals surface area contributed by atoms with E-state index in [-0.39, 0.29) is 6.54 Å². The van der Waals surface area contributed by atoms with Crippen LogP contribution in [0.3, 0.4) is 0 Å². The second kappa shape index (κ2) is 17.1. The molecular formula is C25H47NO8S. The Bertz CT molecular complexity index is 745. The van der Waals surface area contributed by atoms with Gasteiger partial charge in [0.05, 0.1) is 6.42 Å². The van der Waals surface area contributed by atoms with Crippen LogP contribution in [0.15, 0.2) is 12.2 Å². The Morgan fingerprint density at radius 2 is 1.23 bits per heavy atom. The lowest BCUT2D eigenvalue weighted by atomic mass is 10.0. The summed E-state index contributed by atoms with van der Waals surface area (Å²) in [6, 6.07) is 0. The van der Waals surface area contributed by atoms with Crippen molar-refractivity contribution in [3.63, 3.8) is 0 Å². The van der Waals surface area contributed by atoms with E-state index in [1.807, 2.05) is 0 Å². The molecule has 0 aliphatic rings. The van der Waals surface area contributed by atoms with Crippen LogP contribution in [-0.4, -0.2) is 62.3 Å². The van der Waals surface area contributed by atoms with E-state index in [0.29, 0.717) is 17.7 Å². The van der Waals surface area contributed by atoms with Gasteiger partial charge in [-0.1, -0.05) is 76.9 Å². The van der Waals surface area contributed by atoms with Gasteiger partial charge < -0.3 is 15.3 Å². The van der Waals surface area contributed by atoms with Crippen molar-refractivity contribution in [1.29, 1.82) is 0 Å². The van der Waals surface area contributed by atoms with Crippen molar-refractivity contribution in [3.05, 3.63) is 12.2 Å². The summed E-state index contributed by atoms with van der Waals surface area (Å²) in [6.45, 7) is 4.34. The van der Waals surface area contributed by atoms with Gasteiger partial charge >= 0.3 is 11.9 Å². The van der Waals surface area contributed by atoms with Crippen molar-refractivity contribution in [2.45, 2.75) is 128 Å². The molecule has 0 spiro atoms. The number of carboxylic acids is 2. The van der Waals surface area contributed by atoms with Crippen LogP contribution in [0.25, 0.3) is 0 Å². The summed E-state index contributed by atoms with van der Waals surface area (Å²) in [5.74, 6) is -3.77. The second-order valence-electron chi connectivity index (χ2n) is 9.72. The standard InChI is InChI=1S/C25H47NO8S/c1-4-5-6-7-8-9-10-11-12-13-14-15-16-17-18-19-20-26(24(2,3)31)25(23(29)30,21-22(27)28)35(32,33)34/h11-12,31H,4-10,13-21H2,1-3H3,(H,27,28)(H,29,30)(H,32,33,34). The maximum Gasteiger partial charge on any atom is 0.343 e. The first-order chi connectivity index (χ1) is 16.3. The Morgan fingerprint density at radius 1 is 0.800 bits per heavy atom. The van der Waals surface area contributed by atoms with Crippen molar-refractivity contribution >= 4 is 22.1 Å². The van der Waals surface area contributed by atoms with E-state index in [4.69, 9.17) is 5.11 Å². The molecule has 1 unspecified atom stereocenters. The predicted molar refractivity (Wildman–Crippen MR) is 137 cm³/mol. The van der Waals surface area contributed by atoms with Gasteiger partial charge in [-0.3, -0.25) is 9.35 Å². The van der Waals surface area contributed by atoms with Crippen molar-refractivity contribution in [3.8, 4) is 0 Å². The first-order valence-corrected chi connectivity index (χ1v) is 14.3. The minimum atomic E-state index is -5.40. The Kier molecular flexibility index (Phi) is 16.3. The Morgan fingerprint density at radius 3 is 1.60 bits per heavy atom. The van der Waals surface area contributed by atoms with E-state index in [0.717, 1.165) is 52.4 Å². The summed E-state index contributed by atoms with van der Waals surface area (Å²) < 4.78 is 33.8. The number of carboxylic acid groups (broad SMARTS) is 2. The number of aliphatic hydroxyl groups is 1. The molecule has 0 aliphatic heterocycles. The van der Waals surface area contributed by atoms with Crippen LogP contribution in [0.1, 0.15) is 117 Å². The van der Waals surface area contributed by atoms with E-state index in [1.165, 1.54) is 38.5 Å². The van der Waals surface area contributed by atoms with E-state index >= 15 is 0 Å². The predicted octanol–water partition coefficient (Wildman–Crippen LogP) is 5.20. The van der Waals surface area contributed by atoms with Gasteiger partial charge in [0.15, 0.2) is 0 Å². The first kappa shape index (κ1) is 33.5. The third-order valence-electron chi connectivity index (χ3n) is 6.14. The van der Waals surface area contributed by atoms with Crippen molar-refractivity contribution in [2.75, 3.05) is 6.54 Å². The molecule has 0 fully saturated rings. The average Bonchev–Trinajstić information content (AvgIpc) is 2.72. The fraction of sp³-hybridized carbons (Fsp3) is 0.840. The molecule has 35 heavy (non-hydrogen) atoms. The van der Waals surface area contributed by atoms with E-state index < -0.39 is 39.1 Å². The molecule has 1 atom stereocenters. The van der Waals surface area contributed by atoms with Crippen LogP contribution in [0.2, 0.25) is 0 Å². The van der Waals surface area contributed by atoms with Crippen LogP contribution >= 0.6 is 0 Å². The summed E-state index contributed by atoms with van der Waals surface area (Å²) in [7, 11) is -5.40. The van der Waals surface area contributed by atoms with Crippen molar-refractivity contribution in [2.24, 2.45) is 0 Å². The first-order valence-electron chi connectivity index (χ1n) is 12.9. The van der Waals surface area contributed by atoms with Gasteiger partial charge in [-0.2, -0.15) is 8.42 Å². The lowest BCUT2D eigenvalue weighted by Gasteiger charge is -2.44. The molecule has 0 radical (unpaired) electrons. The fourth-order valence-corrected chi connectivity index (χ4v) is 5.37. The smallest absolute Gasteiger partial charge is 0.343 e. The molecule has 10 heteroatoms. The van der Waals surface area contributed by atoms with Gasteiger partial charge in [-0.05, 0) is 46.0 Å². The van der Waals surface area contributed by atoms with Gasteiger partial charge in [-0.25, -0.2) is 9.69 Å². The van der Waals surface area contributed by atoms with Gasteiger partial charge in [0.25, 0.3) is 15.0 Å². The zero-order valence-corrected chi connectivity index (χ0v) is 22.6. The molecule has 0 amide bonds. The quantitative estimate of drug-likeness (QED) is 0.0651. The number of rotatable bonds is 22. The minimum absolute atomic E-state index is 0.204. The highest BCUT2D eigenvalue weighted by atomic mass is 32.2. The molecule has 0 aromatic rings. The number of hydrogen-bond acceptors (Lipinski definition) is 6. The van der Waals surface area contributed by atoms with Crippen LogP contribution in [0.4, 0.5) is 0 Å². The average molecular weight is 522 g/mol. The third kappa shape index (κ3) is 12.9. The zero-order chi connectivity index (χ0) is 27.0. The molecule has 4 N–H and O–H groups in total. The maximum absolute atomic E-state index is 12.0. The summed E-state index contributed by atoms with van der Waals surface area (Å²) in [5, 5.41) is 29.2. The van der Waals surface area contributed by atoms with Crippen molar-refractivity contribution in [1.82, 2.24) is 4.90 Å². The molecule has 0 aromatic heterocycles.